The maximum atomic E-state index is 12.8. The van der Waals surface area contributed by atoms with E-state index in [-0.39, 0.29) is 25.6 Å². The zero-order valence-electron chi connectivity index (χ0n) is 35.7. The van der Waals surface area contributed by atoms with Crippen LogP contribution in [-0.4, -0.2) is 89.6 Å². The predicted octanol–water partition coefficient (Wildman–Crippen LogP) is 9.80. The fourth-order valence-electron chi connectivity index (χ4n) is 5.81. The van der Waals surface area contributed by atoms with Gasteiger partial charge in [-0.15, -0.1) is 0 Å². The average molecular weight is 811 g/mol. The van der Waals surface area contributed by atoms with Crippen molar-refractivity contribution in [3.8, 4) is 0 Å². The smallest absolute Gasteiger partial charge is 0.306 e. The lowest BCUT2D eigenvalue weighted by Gasteiger charge is -2.39. The van der Waals surface area contributed by atoms with Gasteiger partial charge < -0.3 is 39.4 Å². The van der Waals surface area contributed by atoms with E-state index in [0.717, 1.165) is 103 Å². The van der Waals surface area contributed by atoms with Crippen LogP contribution in [0.25, 0.3) is 0 Å². The number of unbranched alkanes of at least 4 members (excludes halogenated alkanes) is 6. The van der Waals surface area contributed by atoms with Gasteiger partial charge in [-0.1, -0.05) is 142 Å². The first-order chi connectivity index (χ1) is 28.4. The summed E-state index contributed by atoms with van der Waals surface area (Å²) < 4.78 is 22.7. The molecule has 0 radical (unpaired) electrons. The van der Waals surface area contributed by atoms with Gasteiger partial charge in [0.1, 0.15) is 30.5 Å². The lowest BCUT2D eigenvalue weighted by atomic mass is 9.99. The van der Waals surface area contributed by atoms with Crippen LogP contribution in [0.3, 0.4) is 0 Å². The summed E-state index contributed by atoms with van der Waals surface area (Å²) in [7, 11) is 0. The van der Waals surface area contributed by atoms with Crippen molar-refractivity contribution in [3.05, 3.63) is 109 Å². The minimum Gasteiger partial charge on any atom is -0.457 e. The van der Waals surface area contributed by atoms with Gasteiger partial charge in [-0.2, -0.15) is 0 Å². The van der Waals surface area contributed by atoms with Crippen molar-refractivity contribution in [1.82, 2.24) is 0 Å². The van der Waals surface area contributed by atoms with Gasteiger partial charge >= 0.3 is 5.97 Å². The second-order valence-electron chi connectivity index (χ2n) is 14.4. The number of allylic oxidation sites excluding steroid dienone is 18. The third-order valence-corrected chi connectivity index (χ3v) is 9.18. The molecule has 1 fully saturated rings. The number of esters is 1. The number of ether oxygens (including phenoxy) is 4. The van der Waals surface area contributed by atoms with E-state index in [1.807, 2.05) is 0 Å². The molecule has 0 aromatic carbocycles. The molecule has 4 N–H and O–H groups in total. The Morgan fingerprint density at radius 2 is 1.00 bits per heavy atom. The number of carbonyl (C=O) groups excluding carboxylic acids is 1. The van der Waals surface area contributed by atoms with Gasteiger partial charge in [0.05, 0.1) is 19.8 Å². The molecule has 6 atom stereocenters. The average Bonchev–Trinajstić information content (AvgIpc) is 3.22. The summed E-state index contributed by atoms with van der Waals surface area (Å²) in [6.07, 6.45) is 48.3. The van der Waals surface area contributed by atoms with Crippen molar-refractivity contribution in [1.29, 1.82) is 0 Å². The fraction of sp³-hybridized carbons (Fsp3) is 0.612. The van der Waals surface area contributed by atoms with E-state index < -0.39 is 43.4 Å². The van der Waals surface area contributed by atoms with Crippen molar-refractivity contribution < 1.29 is 44.2 Å². The molecule has 1 rings (SSSR count). The summed E-state index contributed by atoms with van der Waals surface area (Å²) in [4.78, 5) is 12.8. The van der Waals surface area contributed by atoms with Gasteiger partial charge in [0.15, 0.2) is 6.29 Å². The molecular weight excluding hydrogens is 733 g/mol. The van der Waals surface area contributed by atoms with Crippen LogP contribution in [0, 0.1) is 0 Å². The van der Waals surface area contributed by atoms with Crippen LogP contribution in [0.1, 0.15) is 129 Å². The highest BCUT2D eigenvalue weighted by molar-refractivity contribution is 5.69. The maximum Gasteiger partial charge on any atom is 0.306 e. The molecular formula is C49H78O9. The molecule has 1 heterocycles. The number of aliphatic hydroxyl groups is 4. The summed E-state index contributed by atoms with van der Waals surface area (Å²) >= 11 is 0. The van der Waals surface area contributed by atoms with E-state index in [4.69, 9.17) is 18.9 Å². The second-order valence-corrected chi connectivity index (χ2v) is 14.4. The minimum atomic E-state index is -1.56. The molecule has 9 heteroatoms. The molecule has 0 spiro atoms. The first kappa shape index (κ1) is 52.9. The van der Waals surface area contributed by atoms with Crippen LogP contribution in [0.4, 0.5) is 0 Å². The Hall–Kier alpha value is -3.15. The SMILES string of the molecule is CC/C=C\C/C=C\C/C=C\C/C=C\C/C=C\CCCC(=O)OC(COCCCCCCC/C=C\C/C=C\C/C=C\C/C=C\CC)COC1OC(CO)C(O)C(O)C1O. The molecule has 6 unspecified atom stereocenters. The third kappa shape index (κ3) is 30.0. The molecule has 1 saturated heterocycles. The Balaban J connectivity index is 2.35. The summed E-state index contributed by atoms with van der Waals surface area (Å²) in [6, 6.07) is 0. The Morgan fingerprint density at radius 3 is 1.50 bits per heavy atom. The Morgan fingerprint density at radius 1 is 0.552 bits per heavy atom. The zero-order chi connectivity index (χ0) is 42.2. The third-order valence-electron chi connectivity index (χ3n) is 9.18. The fourth-order valence-corrected chi connectivity index (χ4v) is 5.81. The molecule has 0 amide bonds. The van der Waals surface area contributed by atoms with Crippen LogP contribution in [-0.2, 0) is 23.7 Å². The Kier molecular flexibility index (Phi) is 35.8. The van der Waals surface area contributed by atoms with E-state index in [1.165, 1.54) is 0 Å². The highest BCUT2D eigenvalue weighted by Gasteiger charge is 2.44. The van der Waals surface area contributed by atoms with E-state index in [1.54, 1.807) is 0 Å². The first-order valence-electron chi connectivity index (χ1n) is 22.0. The predicted molar refractivity (Wildman–Crippen MR) is 237 cm³/mol. The molecule has 0 saturated carbocycles. The number of carbonyl (C=O) groups is 1. The molecule has 0 bridgehead atoms. The molecule has 0 aromatic heterocycles. The standard InChI is InChI=1S/C49H78O9/c1-3-5-7-9-11-13-15-17-19-21-23-25-27-29-31-33-35-37-39-55-41-43(42-56-49-48(54)47(53)46(52)44(40-50)58-49)57-45(51)38-36-34-32-30-28-26-24-22-20-18-16-14-12-10-8-6-4-2/h5-8,11-14,17-20,23-26,30,32,43-44,46-50,52-54H,3-4,9-10,15-16,21-22,27-29,31,33-42H2,1-2H3/b7-5-,8-6-,13-11-,14-12-,19-17-,20-18-,25-23-,26-24-,32-30-. The molecule has 328 valence electrons. The normalized spacial score (nSPS) is 21.4. The zero-order valence-corrected chi connectivity index (χ0v) is 35.7. The van der Waals surface area contributed by atoms with Gasteiger partial charge in [-0.25, -0.2) is 0 Å². The summed E-state index contributed by atoms with van der Waals surface area (Å²) in [5.41, 5.74) is 0. The molecule has 9 nitrogen and oxygen atoms in total. The summed E-state index contributed by atoms with van der Waals surface area (Å²) in [5, 5.41) is 40.1. The Labute approximate surface area is 351 Å². The molecule has 0 aromatic rings. The molecule has 58 heavy (non-hydrogen) atoms. The number of hydrogen-bond acceptors (Lipinski definition) is 9. The second kappa shape index (κ2) is 39.3. The molecule has 1 aliphatic heterocycles. The van der Waals surface area contributed by atoms with Crippen molar-refractivity contribution in [2.24, 2.45) is 0 Å². The quantitative estimate of drug-likeness (QED) is 0.0280. The van der Waals surface area contributed by atoms with Crippen LogP contribution in [0.2, 0.25) is 0 Å². The minimum absolute atomic E-state index is 0.101. The largest absolute Gasteiger partial charge is 0.457 e. The van der Waals surface area contributed by atoms with E-state index in [2.05, 4.69) is 123 Å². The van der Waals surface area contributed by atoms with Crippen LogP contribution in [0.15, 0.2) is 109 Å². The van der Waals surface area contributed by atoms with E-state index in [9.17, 15) is 25.2 Å². The van der Waals surface area contributed by atoms with E-state index in [0.29, 0.717) is 13.0 Å². The van der Waals surface area contributed by atoms with Gasteiger partial charge in [-0.3, -0.25) is 4.79 Å². The van der Waals surface area contributed by atoms with Crippen molar-refractivity contribution in [2.75, 3.05) is 26.4 Å². The van der Waals surface area contributed by atoms with E-state index >= 15 is 0 Å². The van der Waals surface area contributed by atoms with Gasteiger partial charge in [0.2, 0.25) is 0 Å². The number of rotatable bonds is 35. The lowest BCUT2D eigenvalue weighted by molar-refractivity contribution is -0.305. The van der Waals surface area contributed by atoms with Crippen molar-refractivity contribution >= 4 is 5.97 Å². The monoisotopic (exact) mass is 811 g/mol. The highest BCUT2D eigenvalue weighted by Crippen LogP contribution is 2.22. The summed E-state index contributed by atoms with van der Waals surface area (Å²) in [5.74, 6) is -0.383. The van der Waals surface area contributed by atoms with Gasteiger partial charge in [-0.05, 0) is 89.9 Å². The van der Waals surface area contributed by atoms with Crippen molar-refractivity contribution in [3.63, 3.8) is 0 Å². The van der Waals surface area contributed by atoms with Crippen LogP contribution in [0.5, 0.6) is 0 Å². The van der Waals surface area contributed by atoms with Gasteiger partial charge in [0, 0.05) is 13.0 Å². The Bertz CT molecular complexity index is 1240. The topological polar surface area (TPSA) is 135 Å². The highest BCUT2D eigenvalue weighted by atomic mass is 16.7. The molecule has 1 aliphatic rings. The number of hydrogen-bond donors (Lipinski definition) is 4. The maximum absolute atomic E-state index is 12.8. The van der Waals surface area contributed by atoms with Gasteiger partial charge in [0.25, 0.3) is 0 Å². The first-order valence-corrected chi connectivity index (χ1v) is 22.0. The van der Waals surface area contributed by atoms with Crippen molar-refractivity contribution in [2.45, 2.75) is 166 Å². The summed E-state index contributed by atoms with van der Waals surface area (Å²) in [6.45, 7) is 4.18. The lowest BCUT2D eigenvalue weighted by Crippen LogP contribution is -2.59. The van der Waals surface area contributed by atoms with Crippen LogP contribution >= 0.6 is 0 Å². The number of aliphatic hydroxyl groups excluding tert-OH is 4. The van der Waals surface area contributed by atoms with Crippen LogP contribution < -0.4 is 0 Å². The molecule has 0 aliphatic carbocycles.